The molecule has 0 unspecified atom stereocenters. The van der Waals surface area contributed by atoms with E-state index in [1.165, 1.54) is 6.08 Å². The lowest BCUT2D eigenvalue weighted by Gasteiger charge is -2.08. The van der Waals surface area contributed by atoms with Crippen LogP contribution in [0.5, 0.6) is 5.75 Å². The molecule has 0 aliphatic rings. The van der Waals surface area contributed by atoms with Crippen LogP contribution in [-0.2, 0) is 4.79 Å². The molecule has 2 N–H and O–H groups in total. The van der Waals surface area contributed by atoms with Gasteiger partial charge in [-0.25, -0.2) is 0 Å². The van der Waals surface area contributed by atoms with Crippen LogP contribution in [0.25, 0.3) is 17.0 Å². The van der Waals surface area contributed by atoms with Gasteiger partial charge < -0.3 is 15.4 Å². The zero-order chi connectivity index (χ0) is 23.0. The first kappa shape index (κ1) is 21.8. The fourth-order valence-electron chi connectivity index (χ4n) is 3.32. The first-order valence-electron chi connectivity index (χ1n) is 10.6. The van der Waals surface area contributed by atoms with Crippen molar-refractivity contribution in [2.75, 3.05) is 17.2 Å². The monoisotopic (exact) mass is 437 g/mol. The number of aromatic nitrogens is 1. The Balaban J connectivity index is 1.36. The molecule has 0 aliphatic heterocycles. The molecule has 4 aromatic rings. The maximum absolute atomic E-state index is 12.5. The van der Waals surface area contributed by atoms with Gasteiger partial charge in [-0.15, -0.1) is 0 Å². The van der Waals surface area contributed by atoms with Gasteiger partial charge in [0.2, 0.25) is 5.91 Å². The quantitative estimate of drug-likeness (QED) is 0.372. The normalized spacial score (nSPS) is 10.8. The van der Waals surface area contributed by atoms with E-state index in [0.717, 1.165) is 22.2 Å². The van der Waals surface area contributed by atoms with E-state index in [1.807, 2.05) is 37.3 Å². The number of nitrogens with one attached hydrogen (secondary N) is 2. The van der Waals surface area contributed by atoms with E-state index in [2.05, 4.69) is 15.6 Å². The minimum Gasteiger partial charge on any atom is -0.494 e. The summed E-state index contributed by atoms with van der Waals surface area (Å²) in [6.07, 6.45) is 4.94. The second-order valence-electron chi connectivity index (χ2n) is 7.23. The summed E-state index contributed by atoms with van der Waals surface area (Å²) in [6, 6.07) is 23.6. The average Bonchev–Trinajstić information content (AvgIpc) is 2.84. The lowest BCUT2D eigenvalue weighted by molar-refractivity contribution is -0.111. The van der Waals surface area contributed by atoms with Gasteiger partial charge in [0.1, 0.15) is 5.75 Å². The van der Waals surface area contributed by atoms with Crippen LogP contribution in [0.3, 0.4) is 0 Å². The molecule has 6 heteroatoms. The number of fused-ring (bicyclic) bond motifs is 1. The van der Waals surface area contributed by atoms with Gasteiger partial charge in [0.05, 0.1) is 12.1 Å². The van der Waals surface area contributed by atoms with Gasteiger partial charge in [0.15, 0.2) is 0 Å². The van der Waals surface area contributed by atoms with Crippen molar-refractivity contribution in [1.82, 2.24) is 4.98 Å². The SMILES string of the molecule is CCOc1ccc(NC(=O)c2ccc(NC(=O)/C=C/c3cccc4cccnc34)cc2)cc1. The van der Waals surface area contributed by atoms with Crippen molar-refractivity contribution in [2.45, 2.75) is 6.92 Å². The number of ether oxygens (including phenoxy) is 1. The van der Waals surface area contributed by atoms with Crippen LogP contribution >= 0.6 is 0 Å². The number of pyridine rings is 1. The third-order valence-corrected chi connectivity index (χ3v) is 4.92. The minimum absolute atomic E-state index is 0.236. The lowest BCUT2D eigenvalue weighted by atomic mass is 10.1. The second kappa shape index (κ2) is 10.2. The number of nitrogens with zero attached hydrogens (tertiary/aromatic N) is 1. The zero-order valence-electron chi connectivity index (χ0n) is 18.1. The first-order chi connectivity index (χ1) is 16.1. The predicted octanol–water partition coefficient (Wildman–Crippen LogP) is 5.54. The number of rotatable bonds is 7. The van der Waals surface area contributed by atoms with Crippen molar-refractivity contribution in [2.24, 2.45) is 0 Å². The number of carbonyl (C=O) groups is 2. The summed E-state index contributed by atoms with van der Waals surface area (Å²) < 4.78 is 5.40. The van der Waals surface area contributed by atoms with Crippen molar-refractivity contribution < 1.29 is 14.3 Å². The van der Waals surface area contributed by atoms with E-state index in [1.54, 1.807) is 60.8 Å². The maximum Gasteiger partial charge on any atom is 0.255 e. The highest BCUT2D eigenvalue weighted by Gasteiger charge is 2.07. The number of anilines is 2. The molecule has 0 saturated heterocycles. The molecule has 0 spiro atoms. The van der Waals surface area contributed by atoms with Crippen LogP contribution in [0, 0.1) is 0 Å². The topological polar surface area (TPSA) is 80.3 Å². The molecule has 3 aromatic carbocycles. The van der Waals surface area contributed by atoms with Gasteiger partial charge >= 0.3 is 0 Å². The van der Waals surface area contributed by atoms with E-state index in [4.69, 9.17) is 4.74 Å². The Kier molecular flexibility index (Phi) is 6.75. The Morgan fingerprint density at radius 1 is 0.879 bits per heavy atom. The molecular formula is C27H23N3O3. The largest absolute Gasteiger partial charge is 0.494 e. The Labute approximate surface area is 191 Å². The first-order valence-corrected chi connectivity index (χ1v) is 10.6. The Hall–Kier alpha value is -4.45. The average molecular weight is 437 g/mol. The van der Waals surface area contributed by atoms with Crippen LogP contribution in [0.15, 0.2) is 91.1 Å². The van der Waals surface area contributed by atoms with Crippen molar-refractivity contribution in [3.05, 3.63) is 102 Å². The lowest BCUT2D eigenvalue weighted by Crippen LogP contribution is -2.12. The van der Waals surface area contributed by atoms with Crippen molar-refractivity contribution >= 4 is 40.2 Å². The number of hydrogen-bond donors (Lipinski definition) is 2. The Morgan fingerprint density at radius 2 is 1.58 bits per heavy atom. The van der Waals surface area contributed by atoms with Crippen molar-refractivity contribution in [1.29, 1.82) is 0 Å². The van der Waals surface area contributed by atoms with Gasteiger partial charge in [-0.2, -0.15) is 0 Å². The molecule has 0 aliphatic carbocycles. The number of hydrogen-bond acceptors (Lipinski definition) is 4. The molecular weight excluding hydrogens is 414 g/mol. The highest BCUT2D eigenvalue weighted by molar-refractivity contribution is 6.06. The third kappa shape index (κ3) is 5.62. The van der Waals surface area contributed by atoms with E-state index in [9.17, 15) is 9.59 Å². The summed E-state index contributed by atoms with van der Waals surface area (Å²) in [6.45, 7) is 2.51. The van der Waals surface area contributed by atoms with E-state index in [0.29, 0.717) is 23.5 Å². The summed E-state index contributed by atoms with van der Waals surface area (Å²) in [5.74, 6) is 0.247. The van der Waals surface area contributed by atoms with Crippen LogP contribution in [0.4, 0.5) is 11.4 Å². The summed E-state index contributed by atoms with van der Waals surface area (Å²) in [5, 5.41) is 6.66. The van der Waals surface area contributed by atoms with Gasteiger partial charge in [-0.05, 0) is 67.6 Å². The van der Waals surface area contributed by atoms with Crippen LogP contribution in [-0.4, -0.2) is 23.4 Å². The zero-order valence-corrected chi connectivity index (χ0v) is 18.1. The molecule has 0 bridgehead atoms. The van der Waals surface area contributed by atoms with E-state index in [-0.39, 0.29) is 11.8 Å². The number of amides is 2. The van der Waals surface area contributed by atoms with Gasteiger partial charge in [0.25, 0.3) is 5.91 Å². The molecule has 2 amide bonds. The summed E-state index contributed by atoms with van der Waals surface area (Å²) >= 11 is 0. The molecule has 0 saturated carbocycles. The molecule has 33 heavy (non-hydrogen) atoms. The van der Waals surface area contributed by atoms with E-state index >= 15 is 0 Å². The van der Waals surface area contributed by atoms with Crippen LogP contribution in [0.2, 0.25) is 0 Å². The van der Waals surface area contributed by atoms with Crippen LogP contribution in [0.1, 0.15) is 22.8 Å². The summed E-state index contributed by atoms with van der Waals surface area (Å²) in [4.78, 5) is 29.2. The van der Waals surface area contributed by atoms with Gasteiger partial charge in [-0.1, -0.05) is 24.3 Å². The number of benzene rings is 3. The Bertz CT molecular complexity index is 1290. The predicted molar refractivity (Wildman–Crippen MR) is 131 cm³/mol. The minimum atomic E-state index is -0.269. The molecule has 1 aromatic heterocycles. The fraction of sp³-hybridized carbons (Fsp3) is 0.0741. The highest BCUT2D eigenvalue weighted by Crippen LogP contribution is 2.19. The smallest absolute Gasteiger partial charge is 0.255 e. The molecule has 164 valence electrons. The molecule has 0 radical (unpaired) electrons. The van der Waals surface area contributed by atoms with E-state index < -0.39 is 0 Å². The number of carbonyl (C=O) groups excluding carboxylic acids is 2. The van der Waals surface area contributed by atoms with Crippen molar-refractivity contribution in [3.63, 3.8) is 0 Å². The fourth-order valence-corrected chi connectivity index (χ4v) is 3.32. The van der Waals surface area contributed by atoms with Crippen LogP contribution < -0.4 is 15.4 Å². The third-order valence-electron chi connectivity index (χ3n) is 4.92. The molecule has 1 heterocycles. The highest BCUT2D eigenvalue weighted by atomic mass is 16.5. The Morgan fingerprint density at radius 3 is 2.33 bits per heavy atom. The molecule has 0 fully saturated rings. The molecule has 4 rings (SSSR count). The standard InChI is InChI=1S/C27H23N3O3/c1-2-33-24-15-13-23(14-16-24)30-27(32)21-8-11-22(12-9-21)29-25(31)17-10-20-6-3-5-19-7-4-18-28-26(19)20/h3-18H,2H2,1H3,(H,29,31)(H,30,32)/b17-10+. The summed E-state index contributed by atoms with van der Waals surface area (Å²) in [5.41, 5.74) is 3.46. The molecule has 0 atom stereocenters. The maximum atomic E-state index is 12.5. The summed E-state index contributed by atoms with van der Waals surface area (Å²) in [7, 11) is 0. The van der Waals surface area contributed by atoms with Crippen molar-refractivity contribution in [3.8, 4) is 5.75 Å². The molecule has 6 nitrogen and oxygen atoms in total. The van der Waals surface area contributed by atoms with Gasteiger partial charge in [-0.3, -0.25) is 14.6 Å². The second-order valence-corrected chi connectivity index (χ2v) is 7.23. The van der Waals surface area contributed by atoms with Gasteiger partial charge in [0, 0.05) is 40.2 Å². The number of para-hydroxylation sites is 1.